The molecule has 1 saturated carbocycles. The SMILES string of the molecule is CC(C)CCOCCC(CN)(C(=O)O)C1CC1. The molecule has 1 aliphatic rings. The Labute approximate surface area is 104 Å². The van der Waals surface area contributed by atoms with E-state index in [-0.39, 0.29) is 12.5 Å². The highest BCUT2D eigenvalue weighted by Gasteiger charge is 2.49. The third kappa shape index (κ3) is 3.96. The highest BCUT2D eigenvalue weighted by atomic mass is 16.5. The van der Waals surface area contributed by atoms with Crippen molar-refractivity contribution in [2.75, 3.05) is 19.8 Å². The first kappa shape index (κ1) is 14.5. The van der Waals surface area contributed by atoms with Gasteiger partial charge in [0.05, 0.1) is 5.41 Å². The molecule has 0 spiro atoms. The van der Waals surface area contributed by atoms with Gasteiger partial charge in [-0.2, -0.15) is 0 Å². The minimum Gasteiger partial charge on any atom is -0.481 e. The molecular formula is C13H25NO3. The minimum absolute atomic E-state index is 0.223. The molecule has 4 heteroatoms. The van der Waals surface area contributed by atoms with Crippen LogP contribution in [0.5, 0.6) is 0 Å². The molecular weight excluding hydrogens is 218 g/mol. The van der Waals surface area contributed by atoms with E-state index in [1.165, 1.54) is 0 Å². The zero-order valence-electron chi connectivity index (χ0n) is 10.9. The first-order chi connectivity index (χ1) is 8.03. The number of carboxylic acid groups (broad SMARTS) is 1. The third-order valence-corrected chi connectivity index (χ3v) is 3.68. The number of hydrogen-bond donors (Lipinski definition) is 2. The fourth-order valence-electron chi connectivity index (χ4n) is 2.15. The molecule has 0 aromatic heterocycles. The largest absolute Gasteiger partial charge is 0.481 e. The van der Waals surface area contributed by atoms with Crippen LogP contribution in [0, 0.1) is 17.3 Å². The van der Waals surface area contributed by atoms with Gasteiger partial charge in [0, 0.05) is 19.8 Å². The molecule has 0 amide bonds. The molecule has 0 radical (unpaired) electrons. The van der Waals surface area contributed by atoms with Crippen molar-refractivity contribution in [1.82, 2.24) is 0 Å². The van der Waals surface area contributed by atoms with E-state index in [9.17, 15) is 9.90 Å². The van der Waals surface area contributed by atoms with Crippen molar-refractivity contribution in [2.45, 2.75) is 39.5 Å². The fraction of sp³-hybridized carbons (Fsp3) is 0.923. The number of rotatable bonds is 9. The standard InChI is InChI=1S/C13H25NO3/c1-10(2)5-7-17-8-6-13(9-14,12(15)16)11-3-4-11/h10-11H,3-9,14H2,1-2H3,(H,15,16). The van der Waals surface area contributed by atoms with Crippen LogP contribution in [0.3, 0.4) is 0 Å². The first-order valence-corrected chi connectivity index (χ1v) is 6.54. The zero-order valence-corrected chi connectivity index (χ0v) is 10.9. The van der Waals surface area contributed by atoms with Crippen LogP contribution < -0.4 is 5.73 Å². The monoisotopic (exact) mass is 243 g/mol. The molecule has 17 heavy (non-hydrogen) atoms. The van der Waals surface area contributed by atoms with E-state index >= 15 is 0 Å². The third-order valence-electron chi connectivity index (χ3n) is 3.68. The summed E-state index contributed by atoms with van der Waals surface area (Å²) in [5.41, 5.74) is 4.94. The summed E-state index contributed by atoms with van der Waals surface area (Å²) in [6.45, 7) is 5.74. The quantitative estimate of drug-likeness (QED) is 0.606. The second-order valence-electron chi connectivity index (χ2n) is 5.48. The Balaban J connectivity index is 2.32. The average molecular weight is 243 g/mol. The lowest BCUT2D eigenvalue weighted by atomic mass is 9.80. The molecule has 0 saturated heterocycles. The Kier molecular flexibility index (Phi) is 5.40. The van der Waals surface area contributed by atoms with Crippen molar-refractivity contribution in [3.8, 4) is 0 Å². The van der Waals surface area contributed by atoms with Crippen LogP contribution in [0.2, 0.25) is 0 Å². The van der Waals surface area contributed by atoms with Crippen LogP contribution >= 0.6 is 0 Å². The van der Waals surface area contributed by atoms with Gasteiger partial charge in [0.15, 0.2) is 0 Å². The average Bonchev–Trinajstić information content (AvgIpc) is 3.07. The molecule has 3 N–H and O–H groups in total. The lowest BCUT2D eigenvalue weighted by Gasteiger charge is -2.27. The van der Waals surface area contributed by atoms with Crippen LogP contribution in [0.4, 0.5) is 0 Å². The summed E-state index contributed by atoms with van der Waals surface area (Å²) in [5, 5.41) is 9.34. The van der Waals surface area contributed by atoms with E-state index in [1.54, 1.807) is 0 Å². The van der Waals surface area contributed by atoms with Gasteiger partial charge in [-0.15, -0.1) is 0 Å². The van der Waals surface area contributed by atoms with Crippen molar-refractivity contribution >= 4 is 5.97 Å². The molecule has 0 aromatic carbocycles. The summed E-state index contributed by atoms with van der Waals surface area (Å²) in [7, 11) is 0. The number of carboxylic acids is 1. The van der Waals surface area contributed by atoms with Crippen molar-refractivity contribution in [2.24, 2.45) is 23.0 Å². The van der Waals surface area contributed by atoms with Crippen LogP contribution in [0.1, 0.15) is 39.5 Å². The lowest BCUT2D eigenvalue weighted by Crippen LogP contribution is -2.41. The highest BCUT2D eigenvalue weighted by molar-refractivity contribution is 5.76. The number of carbonyl (C=O) groups is 1. The van der Waals surface area contributed by atoms with Crippen molar-refractivity contribution in [3.63, 3.8) is 0 Å². The van der Waals surface area contributed by atoms with Gasteiger partial charge in [-0.1, -0.05) is 13.8 Å². The van der Waals surface area contributed by atoms with E-state index in [4.69, 9.17) is 10.5 Å². The van der Waals surface area contributed by atoms with Crippen molar-refractivity contribution < 1.29 is 14.6 Å². The number of nitrogens with two attached hydrogens (primary N) is 1. The molecule has 100 valence electrons. The van der Waals surface area contributed by atoms with Crippen LogP contribution in [-0.2, 0) is 9.53 Å². The Hall–Kier alpha value is -0.610. The maximum atomic E-state index is 11.4. The van der Waals surface area contributed by atoms with Gasteiger partial charge in [0.25, 0.3) is 0 Å². The maximum absolute atomic E-state index is 11.4. The summed E-state index contributed by atoms with van der Waals surface area (Å²) >= 11 is 0. The summed E-state index contributed by atoms with van der Waals surface area (Å²) in [6.07, 6.45) is 3.55. The van der Waals surface area contributed by atoms with E-state index in [2.05, 4.69) is 13.8 Å². The van der Waals surface area contributed by atoms with Gasteiger partial charge in [-0.05, 0) is 37.5 Å². The molecule has 4 nitrogen and oxygen atoms in total. The Morgan fingerprint density at radius 3 is 2.53 bits per heavy atom. The van der Waals surface area contributed by atoms with E-state index in [0.717, 1.165) is 19.3 Å². The molecule has 0 aliphatic heterocycles. The van der Waals surface area contributed by atoms with Crippen LogP contribution in [-0.4, -0.2) is 30.8 Å². The number of ether oxygens (including phenoxy) is 1. The summed E-state index contributed by atoms with van der Waals surface area (Å²) in [6, 6.07) is 0. The molecule has 1 atom stereocenters. The lowest BCUT2D eigenvalue weighted by molar-refractivity contribution is -0.151. The Bertz CT molecular complexity index is 251. The summed E-state index contributed by atoms with van der Waals surface area (Å²) in [4.78, 5) is 11.4. The normalized spacial score (nSPS) is 19.3. The maximum Gasteiger partial charge on any atom is 0.311 e. The van der Waals surface area contributed by atoms with Crippen molar-refractivity contribution in [3.05, 3.63) is 0 Å². The topological polar surface area (TPSA) is 72.5 Å². The number of hydrogen-bond acceptors (Lipinski definition) is 3. The molecule has 0 heterocycles. The van der Waals surface area contributed by atoms with Gasteiger partial charge in [-0.25, -0.2) is 0 Å². The molecule has 1 rings (SSSR count). The second kappa shape index (κ2) is 6.36. The summed E-state index contributed by atoms with van der Waals surface area (Å²) in [5.74, 6) is 0.130. The van der Waals surface area contributed by atoms with E-state index in [1.807, 2.05) is 0 Å². The van der Waals surface area contributed by atoms with Crippen molar-refractivity contribution in [1.29, 1.82) is 0 Å². The smallest absolute Gasteiger partial charge is 0.311 e. The van der Waals surface area contributed by atoms with Gasteiger partial charge in [-0.3, -0.25) is 4.79 Å². The molecule has 1 aliphatic carbocycles. The molecule has 1 unspecified atom stereocenters. The van der Waals surface area contributed by atoms with Crippen LogP contribution in [0.25, 0.3) is 0 Å². The van der Waals surface area contributed by atoms with Gasteiger partial charge < -0.3 is 15.6 Å². The van der Waals surface area contributed by atoms with E-state index < -0.39 is 11.4 Å². The Morgan fingerprint density at radius 2 is 2.12 bits per heavy atom. The predicted molar refractivity (Wildman–Crippen MR) is 66.7 cm³/mol. The molecule has 0 bridgehead atoms. The van der Waals surface area contributed by atoms with Gasteiger partial charge in [0.1, 0.15) is 0 Å². The molecule has 1 fully saturated rings. The Morgan fingerprint density at radius 1 is 1.47 bits per heavy atom. The predicted octanol–water partition coefficient (Wildman–Crippen LogP) is 1.88. The zero-order chi connectivity index (χ0) is 12.9. The summed E-state index contributed by atoms with van der Waals surface area (Å²) < 4.78 is 5.51. The van der Waals surface area contributed by atoms with E-state index in [0.29, 0.717) is 25.6 Å². The molecule has 0 aromatic rings. The first-order valence-electron chi connectivity index (χ1n) is 6.54. The minimum atomic E-state index is -0.755. The van der Waals surface area contributed by atoms with Gasteiger partial charge in [0.2, 0.25) is 0 Å². The highest BCUT2D eigenvalue weighted by Crippen LogP contribution is 2.47. The fourth-order valence-corrected chi connectivity index (χ4v) is 2.15. The second-order valence-corrected chi connectivity index (χ2v) is 5.48. The van der Waals surface area contributed by atoms with Crippen LogP contribution in [0.15, 0.2) is 0 Å². The van der Waals surface area contributed by atoms with Gasteiger partial charge >= 0.3 is 5.97 Å². The number of aliphatic carboxylic acids is 1.